The van der Waals surface area contributed by atoms with Crippen molar-refractivity contribution in [3.63, 3.8) is 0 Å². The average molecular weight is 941 g/mol. The number of aliphatic hydroxyl groups excluding tert-OH is 7. The molecule has 2 aliphatic rings. The number of carbonyl (C=O) groups is 2. The zero-order chi connectivity index (χ0) is 48.2. The number of hydrogen-bond acceptors (Lipinski definition) is 15. The first-order valence-corrected chi connectivity index (χ1v) is 25.2. The minimum absolute atomic E-state index is 0.145. The summed E-state index contributed by atoms with van der Waals surface area (Å²) < 4.78 is 33.5. The molecule has 2 heterocycles. The van der Waals surface area contributed by atoms with Crippen LogP contribution < -0.4 is 0 Å². The normalized spacial score (nSPS) is 26.6. The molecule has 0 radical (unpaired) electrons. The van der Waals surface area contributed by atoms with Crippen molar-refractivity contribution in [3.05, 3.63) is 48.6 Å². The molecule has 0 aliphatic carbocycles. The van der Waals surface area contributed by atoms with Gasteiger partial charge in [0, 0.05) is 12.8 Å². The molecule has 0 aromatic heterocycles. The second kappa shape index (κ2) is 38.3. The van der Waals surface area contributed by atoms with Crippen LogP contribution in [-0.2, 0) is 38.0 Å². The first-order valence-electron chi connectivity index (χ1n) is 25.2. The maximum Gasteiger partial charge on any atom is 0.306 e. The van der Waals surface area contributed by atoms with Crippen molar-refractivity contribution in [2.75, 3.05) is 26.4 Å². The molecule has 2 rings (SSSR count). The number of hydrogen-bond donors (Lipinski definition) is 7. The third kappa shape index (κ3) is 26.3. The molecule has 2 fully saturated rings. The van der Waals surface area contributed by atoms with Crippen LogP contribution in [0, 0.1) is 0 Å². The van der Waals surface area contributed by atoms with Crippen LogP contribution in [0.5, 0.6) is 0 Å². The Kier molecular flexibility index (Phi) is 34.6. The fraction of sp³-hybridized carbons (Fsp3) is 0.804. The Labute approximate surface area is 395 Å². The van der Waals surface area contributed by atoms with Gasteiger partial charge in [-0.1, -0.05) is 127 Å². The first-order chi connectivity index (χ1) is 32.0. The largest absolute Gasteiger partial charge is 0.462 e. The van der Waals surface area contributed by atoms with E-state index in [1.54, 1.807) is 0 Å². The summed E-state index contributed by atoms with van der Waals surface area (Å²) in [7, 11) is 0. The molecule has 0 spiro atoms. The predicted molar refractivity (Wildman–Crippen MR) is 252 cm³/mol. The lowest BCUT2D eigenvalue weighted by Gasteiger charge is -2.42. The van der Waals surface area contributed by atoms with Crippen molar-refractivity contribution < 1.29 is 73.8 Å². The summed E-state index contributed by atoms with van der Waals surface area (Å²) in [6, 6.07) is 0. The Morgan fingerprint density at radius 2 is 0.909 bits per heavy atom. The van der Waals surface area contributed by atoms with Crippen LogP contribution >= 0.6 is 0 Å². The summed E-state index contributed by atoms with van der Waals surface area (Å²) in [5, 5.41) is 72.0. The Morgan fingerprint density at radius 3 is 1.41 bits per heavy atom. The summed E-state index contributed by atoms with van der Waals surface area (Å²) >= 11 is 0. The van der Waals surface area contributed by atoms with Crippen LogP contribution in [0.4, 0.5) is 0 Å². The Balaban J connectivity index is 1.84. The third-order valence-electron chi connectivity index (χ3n) is 11.8. The van der Waals surface area contributed by atoms with Gasteiger partial charge in [0.05, 0.1) is 19.8 Å². The molecule has 2 saturated heterocycles. The van der Waals surface area contributed by atoms with E-state index in [0.717, 1.165) is 89.9 Å². The van der Waals surface area contributed by atoms with Gasteiger partial charge < -0.3 is 64.2 Å². The number of rotatable bonds is 38. The number of unbranched alkanes of at least 4 members (excludes halogenated alkanes) is 16. The SMILES string of the molecule is CCCCC/C=C\C/C=C\CCCCCCCC(=O)OC[C@H](CO[C@@H]1O[C@H](CO[C@@H]2O[C@H](CO)[C@H](O)[C@H](O)[C@H]2O)[C@H](O)[C@H](O)[C@H]1O)OC(=O)CCCCCCC/C=C\C/C=C\CCCCC. The monoisotopic (exact) mass is 941 g/mol. The maximum absolute atomic E-state index is 13.0. The standard InChI is InChI=1S/C51H88O15/c1-3-5-7-9-11-13-15-17-19-21-23-25-27-29-31-33-42(53)61-36-39(64-43(54)34-32-30-28-26-24-22-20-18-16-14-12-10-8-6-4-2)37-62-50-49(60)47(58)45(56)41(66-50)38-63-51-48(59)46(57)44(55)40(35-52)65-51/h11-14,17-20,39-41,44-52,55-60H,3-10,15-16,21-38H2,1-2H3/b13-11-,14-12-,19-17-,20-18-/t39-,40-,41-,44+,45+,46+,47+,48-,49-,50-,51-/m1/s1. The molecule has 382 valence electrons. The summed E-state index contributed by atoms with van der Waals surface area (Å²) in [4.78, 5) is 25.7. The van der Waals surface area contributed by atoms with Gasteiger partial charge in [-0.2, -0.15) is 0 Å². The Hall–Kier alpha value is -2.54. The highest BCUT2D eigenvalue weighted by molar-refractivity contribution is 5.70. The van der Waals surface area contributed by atoms with Gasteiger partial charge in [-0.15, -0.1) is 0 Å². The molecule has 15 heteroatoms. The summed E-state index contributed by atoms with van der Waals surface area (Å²) in [5.41, 5.74) is 0. The van der Waals surface area contributed by atoms with Crippen molar-refractivity contribution >= 4 is 11.9 Å². The van der Waals surface area contributed by atoms with E-state index in [-0.39, 0.29) is 19.4 Å². The van der Waals surface area contributed by atoms with Gasteiger partial charge in [0.25, 0.3) is 0 Å². The second-order valence-electron chi connectivity index (χ2n) is 17.6. The van der Waals surface area contributed by atoms with Gasteiger partial charge in [0.15, 0.2) is 18.7 Å². The van der Waals surface area contributed by atoms with Crippen LogP contribution in [0.3, 0.4) is 0 Å². The van der Waals surface area contributed by atoms with Crippen molar-refractivity contribution in [2.45, 2.75) is 235 Å². The van der Waals surface area contributed by atoms with Crippen molar-refractivity contribution in [3.8, 4) is 0 Å². The molecule has 2 aliphatic heterocycles. The summed E-state index contributed by atoms with van der Waals surface area (Å²) in [5.74, 6) is -0.959. The number of carbonyl (C=O) groups excluding carboxylic acids is 2. The molecular weight excluding hydrogens is 853 g/mol. The van der Waals surface area contributed by atoms with Gasteiger partial charge >= 0.3 is 11.9 Å². The van der Waals surface area contributed by atoms with E-state index in [0.29, 0.717) is 12.8 Å². The minimum Gasteiger partial charge on any atom is -0.462 e. The number of aliphatic hydroxyl groups is 7. The summed E-state index contributed by atoms with van der Waals surface area (Å²) in [6.45, 7) is 2.49. The zero-order valence-corrected chi connectivity index (χ0v) is 40.2. The van der Waals surface area contributed by atoms with E-state index in [2.05, 4.69) is 62.5 Å². The van der Waals surface area contributed by atoms with E-state index in [4.69, 9.17) is 28.4 Å². The molecule has 66 heavy (non-hydrogen) atoms. The molecule has 0 unspecified atom stereocenters. The third-order valence-corrected chi connectivity index (χ3v) is 11.8. The predicted octanol–water partition coefficient (Wildman–Crippen LogP) is 6.71. The first kappa shape index (κ1) is 59.6. The Bertz CT molecular complexity index is 1340. The fourth-order valence-electron chi connectivity index (χ4n) is 7.57. The topological polar surface area (TPSA) is 231 Å². The van der Waals surface area contributed by atoms with Crippen molar-refractivity contribution in [2.24, 2.45) is 0 Å². The van der Waals surface area contributed by atoms with Crippen LogP contribution in [-0.4, -0.2) is 142 Å². The number of esters is 2. The van der Waals surface area contributed by atoms with Gasteiger partial charge in [-0.3, -0.25) is 9.59 Å². The van der Waals surface area contributed by atoms with E-state index >= 15 is 0 Å². The molecule has 15 nitrogen and oxygen atoms in total. The van der Waals surface area contributed by atoms with E-state index in [1.807, 2.05) is 0 Å². The van der Waals surface area contributed by atoms with E-state index in [9.17, 15) is 45.3 Å². The highest BCUT2D eigenvalue weighted by Gasteiger charge is 2.47. The molecular formula is C51H88O15. The number of allylic oxidation sites excluding steroid dienone is 8. The molecule has 11 atom stereocenters. The van der Waals surface area contributed by atoms with Gasteiger partial charge in [-0.25, -0.2) is 0 Å². The second-order valence-corrected chi connectivity index (χ2v) is 17.6. The van der Waals surface area contributed by atoms with Crippen LogP contribution in [0.2, 0.25) is 0 Å². The zero-order valence-electron chi connectivity index (χ0n) is 40.2. The lowest BCUT2D eigenvalue weighted by Crippen LogP contribution is -2.61. The molecule has 0 aromatic rings. The fourth-order valence-corrected chi connectivity index (χ4v) is 7.57. The van der Waals surface area contributed by atoms with Crippen molar-refractivity contribution in [1.29, 1.82) is 0 Å². The Morgan fingerprint density at radius 1 is 0.485 bits per heavy atom. The number of ether oxygens (including phenoxy) is 6. The summed E-state index contributed by atoms with van der Waals surface area (Å²) in [6.07, 6.45) is 24.2. The minimum atomic E-state index is -1.77. The van der Waals surface area contributed by atoms with Gasteiger partial charge in [0.2, 0.25) is 0 Å². The molecule has 0 bridgehead atoms. The van der Waals surface area contributed by atoms with Crippen LogP contribution in [0.15, 0.2) is 48.6 Å². The highest BCUT2D eigenvalue weighted by atomic mass is 16.7. The smallest absolute Gasteiger partial charge is 0.306 e. The van der Waals surface area contributed by atoms with E-state index < -0.39 is 99.3 Å². The molecule has 0 saturated carbocycles. The van der Waals surface area contributed by atoms with E-state index in [1.165, 1.54) is 38.5 Å². The van der Waals surface area contributed by atoms with Crippen LogP contribution in [0.1, 0.15) is 168 Å². The molecule has 0 aromatic carbocycles. The van der Waals surface area contributed by atoms with Crippen LogP contribution in [0.25, 0.3) is 0 Å². The average Bonchev–Trinajstić information content (AvgIpc) is 3.31. The van der Waals surface area contributed by atoms with Gasteiger partial charge in [0.1, 0.15) is 55.4 Å². The van der Waals surface area contributed by atoms with Crippen molar-refractivity contribution in [1.82, 2.24) is 0 Å². The quantitative estimate of drug-likeness (QED) is 0.0194. The lowest BCUT2D eigenvalue weighted by molar-refractivity contribution is -0.332. The molecule has 7 N–H and O–H groups in total. The molecule has 0 amide bonds. The highest BCUT2D eigenvalue weighted by Crippen LogP contribution is 2.26. The van der Waals surface area contributed by atoms with Gasteiger partial charge in [-0.05, 0) is 77.0 Å². The lowest BCUT2D eigenvalue weighted by atomic mass is 9.98. The maximum atomic E-state index is 13.0.